The zero-order valence-corrected chi connectivity index (χ0v) is 12.1. The predicted molar refractivity (Wildman–Crippen MR) is 76.7 cm³/mol. The quantitative estimate of drug-likeness (QED) is 0.928. The third-order valence-corrected chi connectivity index (χ3v) is 3.32. The second kappa shape index (κ2) is 6.11. The number of hydrogen-bond donors (Lipinski definition) is 1. The summed E-state index contributed by atoms with van der Waals surface area (Å²) in [5.74, 6) is -0.910. The van der Waals surface area contributed by atoms with E-state index in [9.17, 15) is 4.79 Å². The Balaban J connectivity index is 2.18. The third-order valence-electron chi connectivity index (χ3n) is 2.58. The molecule has 1 heterocycles. The number of hydrogen-bond acceptors (Lipinski definition) is 3. The highest BCUT2D eigenvalue weighted by atomic mass is 35.5. The Morgan fingerprint density at radius 2 is 2.00 bits per heavy atom. The molecule has 0 aliphatic rings. The zero-order valence-electron chi connectivity index (χ0n) is 10.6. The Hall–Kier alpha value is -1.78. The van der Waals surface area contributed by atoms with Crippen LogP contribution in [0.2, 0.25) is 10.0 Å². The lowest BCUT2D eigenvalue weighted by Gasteiger charge is -2.09. The van der Waals surface area contributed by atoms with Crippen LogP contribution in [0.15, 0.2) is 30.3 Å². The lowest BCUT2D eigenvalue weighted by molar-refractivity contribution is 0.0684. The van der Waals surface area contributed by atoms with Gasteiger partial charge < -0.3 is 9.84 Å². The number of carboxylic acids is 1. The number of nitrogens with zero attached hydrogens (tertiary/aromatic N) is 1. The molecule has 0 unspecified atom stereocenters. The van der Waals surface area contributed by atoms with Crippen molar-refractivity contribution in [2.24, 2.45) is 0 Å². The summed E-state index contributed by atoms with van der Waals surface area (Å²) in [7, 11) is 0. The number of aromatic carboxylic acids is 1. The van der Waals surface area contributed by atoms with Gasteiger partial charge in [-0.25, -0.2) is 9.78 Å². The molecule has 0 radical (unpaired) electrons. The van der Waals surface area contributed by atoms with E-state index in [-0.39, 0.29) is 18.1 Å². The second-order valence-electron chi connectivity index (χ2n) is 4.14. The van der Waals surface area contributed by atoms with Crippen LogP contribution >= 0.6 is 23.2 Å². The minimum absolute atomic E-state index is 0.106. The topological polar surface area (TPSA) is 59.4 Å². The van der Waals surface area contributed by atoms with Crippen molar-refractivity contribution >= 4 is 29.2 Å². The van der Waals surface area contributed by atoms with Crippen LogP contribution in [0.4, 0.5) is 0 Å². The molecule has 0 saturated heterocycles. The van der Waals surface area contributed by atoms with E-state index in [0.717, 1.165) is 5.56 Å². The lowest BCUT2D eigenvalue weighted by atomic mass is 10.2. The second-order valence-corrected chi connectivity index (χ2v) is 4.96. The van der Waals surface area contributed by atoms with Crippen molar-refractivity contribution < 1.29 is 14.6 Å². The Labute approximate surface area is 125 Å². The first-order chi connectivity index (χ1) is 9.47. The number of aryl methyl sites for hydroxylation is 1. The van der Waals surface area contributed by atoms with Gasteiger partial charge in [0.25, 0.3) is 0 Å². The lowest BCUT2D eigenvalue weighted by Crippen LogP contribution is -2.06. The summed E-state index contributed by atoms with van der Waals surface area (Å²) in [4.78, 5) is 15.0. The van der Waals surface area contributed by atoms with Crippen LogP contribution < -0.4 is 4.74 Å². The number of carboxylic acid groups (broad SMARTS) is 1. The van der Waals surface area contributed by atoms with Crippen LogP contribution in [0.25, 0.3) is 0 Å². The van der Waals surface area contributed by atoms with Gasteiger partial charge >= 0.3 is 5.97 Å². The molecule has 6 heteroatoms. The van der Waals surface area contributed by atoms with E-state index in [2.05, 4.69) is 4.98 Å². The average molecular weight is 312 g/mol. The number of aromatic nitrogens is 1. The van der Waals surface area contributed by atoms with Crippen molar-refractivity contribution in [1.82, 2.24) is 4.98 Å². The van der Waals surface area contributed by atoms with E-state index in [0.29, 0.717) is 15.7 Å². The first-order valence-corrected chi connectivity index (χ1v) is 6.50. The van der Waals surface area contributed by atoms with Gasteiger partial charge in [0.15, 0.2) is 11.4 Å². The van der Waals surface area contributed by atoms with E-state index >= 15 is 0 Å². The molecule has 0 aliphatic carbocycles. The molecular formula is C14H11Cl2NO3. The summed E-state index contributed by atoms with van der Waals surface area (Å²) < 4.78 is 5.49. The van der Waals surface area contributed by atoms with Gasteiger partial charge in [-0.15, -0.1) is 0 Å². The average Bonchev–Trinajstić information content (AvgIpc) is 2.41. The minimum Gasteiger partial charge on any atom is -0.486 e. The van der Waals surface area contributed by atoms with Crippen LogP contribution in [-0.2, 0) is 6.61 Å². The number of benzene rings is 1. The van der Waals surface area contributed by atoms with Crippen LogP contribution in [0, 0.1) is 6.92 Å². The normalized spacial score (nSPS) is 10.3. The molecule has 0 spiro atoms. The summed E-state index contributed by atoms with van der Waals surface area (Å²) in [6.07, 6.45) is 0. The molecule has 0 aliphatic heterocycles. The molecule has 0 amide bonds. The fourth-order valence-electron chi connectivity index (χ4n) is 1.60. The summed E-state index contributed by atoms with van der Waals surface area (Å²) in [5, 5.41) is 9.97. The minimum atomic E-state index is -1.13. The molecule has 1 aromatic carbocycles. The summed E-state index contributed by atoms with van der Waals surface area (Å²) in [6.45, 7) is 1.90. The van der Waals surface area contributed by atoms with Crippen LogP contribution in [-0.4, -0.2) is 16.1 Å². The molecule has 0 fully saturated rings. The molecule has 1 N–H and O–H groups in total. The number of carbonyl (C=O) groups is 1. The molecule has 2 aromatic rings. The molecule has 0 saturated carbocycles. The third kappa shape index (κ3) is 3.40. The van der Waals surface area contributed by atoms with E-state index < -0.39 is 5.97 Å². The largest absolute Gasteiger partial charge is 0.486 e. The van der Waals surface area contributed by atoms with Gasteiger partial charge in [-0.2, -0.15) is 0 Å². The van der Waals surface area contributed by atoms with Gasteiger partial charge in [0.1, 0.15) is 6.61 Å². The Morgan fingerprint density at radius 1 is 1.25 bits per heavy atom. The number of rotatable bonds is 4. The molecular weight excluding hydrogens is 301 g/mol. The van der Waals surface area contributed by atoms with Gasteiger partial charge in [0, 0.05) is 5.69 Å². The summed E-state index contributed by atoms with van der Waals surface area (Å²) >= 11 is 11.7. The van der Waals surface area contributed by atoms with Crippen LogP contribution in [0.3, 0.4) is 0 Å². The van der Waals surface area contributed by atoms with Gasteiger partial charge in [0.2, 0.25) is 0 Å². The first-order valence-electron chi connectivity index (χ1n) is 5.75. The molecule has 0 atom stereocenters. The highest BCUT2D eigenvalue weighted by Crippen LogP contribution is 2.24. The molecule has 0 bridgehead atoms. The predicted octanol–water partition coefficient (Wildman–Crippen LogP) is 3.97. The van der Waals surface area contributed by atoms with Gasteiger partial charge in [-0.05, 0) is 36.8 Å². The van der Waals surface area contributed by atoms with Crippen molar-refractivity contribution in [3.63, 3.8) is 0 Å². The highest BCUT2D eigenvalue weighted by molar-refractivity contribution is 6.42. The maximum Gasteiger partial charge on any atom is 0.358 e. The van der Waals surface area contributed by atoms with Crippen molar-refractivity contribution in [3.8, 4) is 5.75 Å². The Bertz CT molecular complexity index is 659. The van der Waals surface area contributed by atoms with E-state index in [4.69, 9.17) is 33.0 Å². The Kier molecular flexibility index (Phi) is 4.47. The van der Waals surface area contributed by atoms with Gasteiger partial charge in [-0.1, -0.05) is 29.3 Å². The molecule has 104 valence electrons. The van der Waals surface area contributed by atoms with Crippen LogP contribution in [0.5, 0.6) is 5.75 Å². The number of halogens is 2. The number of ether oxygens (including phenoxy) is 1. The smallest absolute Gasteiger partial charge is 0.358 e. The monoisotopic (exact) mass is 311 g/mol. The van der Waals surface area contributed by atoms with Gasteiger partial charge in [0.05, 0.1) is 10.0 Å². The fourth-order valence-corrected chi connectivity index (χ4v) is 1.92. The van der Waals surface area contributed by atoms with Crippen LogP contribution in [0.1, 0.15) is 21.7 Å². The summed E-state index contributed by atoms with van der Waals surface area (Å²) in [6, 6.07) is 8.37. The van der Waals surface area contributed by atoms with E-state index in [1.54, 1.807) is 37.3 Å². The fraction of sp³-hybridized carbons (Fsp3) is 0.143. The Morgan fingerprint density at radius 3 is 2.65 bits per heavy atom. The molecule has 20 heavy (non-hydrogen) atoms. The standard InChI is InChI=1S/C14H11Cl2NO3/c1-8-2-5-12(13(17-8)14(18)19)20-7-9-3-4-10(15)11(16)6-9/h2-6H,7H2,1H3,(H,18,19). The van der Waals surface area contributed by atoms with Crippen molar-refractivity contribution in [3.05, 3.63) is 57.3 Å². The van der Waals surface area contributed by atoms with E-state index in [1.807, 2.05) is 0 Å². The maximum absolute atomic E-state index is 11.1. The molecule has 2 rings (SSSR count). The zero-order chi connectivity index (χ0) is 14.7. The molecule has 1 aromatic heterocycles. The molecule has 4 nitrogen and oxygen atoms in total. The van der Waals surface area contributed by atoms with Gasteiger partial charge in [-0.3, -0.25) is 0 Å². The van der Waals surface area contributed by atoms with Crippen molar-refractivity contribution in [1.29, 1.82) is 0 Å². The SMILES string of the molecule is Cc1ccc(OCc2ccc(Cl)c(Cl)c2)c(C(=O)O)n1. The number of pyridine rings is 1. The van der Waals surface area contributed by atoms with Crippen molar-refractivity contribution in [2.75, 3.05) is 0 Å². The van der Waals surface area contributed by atoms with Crippen molar-refractivity contribution in [2.45, 2.75) is 13.5 Å². The highest BCUT2D eigenvalue weighted by Gasteiger charge is 2.13. The first kappa shape index (κ1) is 14.6. The van der Waals surface area contributed by atoms with E-state index in [1.165, 1.54) is 0 Å². The maximum atomic E-state index is 11.1. The summed E-state index contributed by atoms with van der Waals surface area (Å²) in [5.41, 5.74) is 1.30.